The molecule has 2 rings (SSSR count). The molecule has 1 aliphatic rings. The van der Waals surface area contributed by atoms with Crippen molar-refractivity contribution in [1.29, 1.82) is 0 Å². The molecule has 0 radical (unpaired) electrons. The number of nitrogens with one attached hydrogen (secondary N) is 1. The number of amides is 1. The fraction of sp³-hybridized carbons (Fsp3) is 0.562. The van der Waals surface area contributed by atoms with Crippen LogP contribution in [0.15, 0.2) is 18.2 Å². The van der Waals surface area contributed by atoms with Gasteiger partial charge in [-0.05, 0) is 45.2 Å². The lowest BCUT2D eigenvalue weighted by molar-refractivity contribution is 0.0926. The van der Waals surface area contributed by atoms with Crippen molar-refractivity contribution < 1.29 is 14.3 Å². The first-order valence-corrected chi connectivity index (χ1v) is 7.62. The molecule has 2 atom stereocenters. The van der Waals surface area contributed by atoms with Crippen LogP contribution in [-0.4, -0.2) is 31.2 Å². The molecule has 0 heterocycles. The number of nitrogens with two attached hydrogens (primary N) is 1. The van der Waals surface area contributed by atoms with Crippen LogP contribution < -0.4 is 20.5 Å². The van der Waals surface area contributed by atoms with Crippen LogP contribution in [0.3, 0.4) is 0 Å². The third-order valence-corrected chi connectivity index (χ3v) is 3.70. The van der Waals surface area contributed by atoms with Crippen molar-refractivity contribution in [2.45, 2.75) is 45.2 Å². The molecule has 1 aromatic rings. The Morgan fingerprint density at radius 3 is 2.33 bits per heavy atom. The Kier molecular flexibility index (Phi) is 5.44. The van der Waals surface area contributed by atoms with E-state index in [4.69, 9.17) is 15.2 Å². The molecule has 2 unspecified atom stereocenters. The van der Waals surface area contributed by atoms with Gasteiger partial charge >= 0.3 is 0 Å². The Labute approximate surface area is 125 Å². The quantitative estimate of drug-likeness (QED) is 0.842. The van der Waals surface area contributed by atoms with E-state index in [0.717, 1.165) is 19.3 Å². The Balaban J connectivity index is 2.24. The lowest BCUT2D eigenvalue weighted by Crippen LogP contribution is -2.44. The van der Waals surface area contributed by atoms with E-state index < -0.39 is 0 Å². The molecule has 5 heteroatoms. The molecular weight excluding hydrogens is 268 g/mol. The van der Waals surface area contributed by atoms with Gasteiger partial charge in [-0.3, -0.25) is 4.79 Å². The summed E-state index contributed by atoms with van der Waals surface area (Å²) in [6.07, 6.45) is 2.93. The van der Waals surface area contributed by atoms with Crippen LogP contribution in [0.5, 0.6) is 11.5 Å². The van der Waals surface area contributed by atoms with Crippen LogP contribution in [0.25, 0.3) is 0 Å². The minimum absolute atomic E-state index is 0.0293. The molecule has 21 heavy (non-hydrogen) atoms. The maximum absolute atomic E-state index is 12.6. The molecule has 116 valence electrons. The van der Waals surface area contributed by atoms with Gasteiger partial charge in [0.25, 0.3) is 5.91 Å². The summed E-state index contributed by atoms with van der Waals surface area (Å²) < 4.78 is 11.1. The van der Waals surface area contributed by atoms with Crippen molar-refractivity contribution in [2.75, 3.05) is 13.2 Å². The first-order chi connectivity index (χ1) is 10.2. The normalized spacial score (nSPS) is 21.1. The summed E-state index contributed by atoms with van der Waals surface area (Å²) in [4.78, 5) is 12.6. The van der Waals surface area contributed by atoms with E-state index in [1.54, 1.807) is 12.1 Å². The van der Waals surface area contributed by atoms with Gasteiger partial charge in [0.1, 0.15) is 17.1 Å². The lowest BCUT2D eigenvalue weighted by Gasteiger charge is -2.20. The molecule has 1 fully saturated rings. The Morgan fingerprint density at radius 2 is 1.86 bits per heavy atom. The van der Waals surface area contributed by atoms with E-state index in [0.29, 0.717) is 30.3 Å². The van der Waals surface area contributed by atoms with Gasteiger partial charge in [-0.15, -0.1) is 0 Å². The summed E-state index contributed by atoms with van der Waals surface area (Å²) in [7, 11) is 0. The first-order valence-electron chi connectivity index (χ1n) is 7.62. The Hall–Kier alpha value is -1.75. The van der Waals surface area contributed by atoms with Crippen LogP contribution in [-0.2, 0) is 0 Å². The van der Waals surface area contributed by atoms with Gasteiger partial charge < -0.3 is 20.5 Å². The highest BCUT2D eigenvalue weighted by Gasteiger charge is 2.28. The van der Waals surface area contributed by atoms with Gasteiger partial charge in [0.2, 0.25) is 0 Å². The molecular formula is C16H24N2O3. The van der Waals surface area contributed by atoms with Gasteiger partial charge in [0, 0.05) is 12.1 Å². The molecule has 5 nitrogen and oxygen atoms in total. The molecule has 1 saturated carbocycles. The van der Waals surface area contributed by atoms with E-state index in [1.807, 2.05) is 19.9 Å². The van der Waals surface area contributed by atoms with Gasteiger partial charge in [-0.2, -0.15) is 0 Å². The number of carbonyl (C=O) groups is 1. The van der Waals surface area contributed by atoms with E-state index >= 15 is 0 Å². The second kappa shape index (κ2) is 7.31. The summed E-state index contributed by atoms with van der Waals surface area (Å²) in [6.45, 7) is 4.78. The van der Waals surface area contributed by atoms with Crippen LogP contribution in [0, 0.1) is 0 Å². The summed E-state index contributed by atoms with van der Waals surface area (Å²) >= 11 is 0. The zero-order chi connectivity index (χ0) is 15.2. The van der Waals surface area contributed by atoms with E-state index in [-0.39, 0.29) is 18.0 Å². The average Bonchev–Trinajstić information content (AvgIpc) is 2.85. The van der Waals surface area contributed by atoms with Crippen LogP contribution in [0.1, 0.15) is 43.5 Å². The molecule has 0 aliphatic heterocycles. The second-order valence-corrected chi connectivity index (χ2v) is 5.17. The maximum Gasteiger partial charge on any atom is 0.259 e. The monoisotopic (exact) mass is 292 g/mol. The van der Waals surface area contributed by atoms with Crippen molar-refractivity contribution in [2.24, 2.45) is 5.73 Å². The Bertz CT molecular complexity index is 466. The van der Waals surface area contributed by atoms with Gasteiger partial charge in [0.15, 0.2) is 0 Å². The predicted octanol–water partition coefficient (Wildman–Crippen LogP) is 2.09. The second-order valence-electron chi connectivity index (χ2n) is 5.17. The van der Waals surface area contributed by atoms with Crippen molar-refractivity contribution >= 4 is 5.91 Å². The fourth-order valence-electron chi connectivity index (χ4n) is 2.69. The molecule has 0 aromatic heterocycles. The maximum atomic E-state index is 12.6. The topological polar surface area (TPSA) is 73.6 Å². The summed E-state index contributed by atoms with van der Waals surface area (Å²) in [6, 6.07) is 5.46. The van der Waals surface area contributed by atoms with Crippen LogP contribution in [0.2, 0.25) is 0 Å². The molecule has 1 aromatic carbocycles. The number of hydrogen-bond donors (Lipinski definition) is 2. The molecule has 1 amide bonds. The summed E-state index contributed by atoms with van der Waals surface area (Å²) in [5, 5.41) is 3.02. The first kappa shape index (κ1) is 15.6. The van der Waals surface area contributed by atoms with Crippen LogP contribution >= 0.6 is 0 Å². The third kappa shape index (κ3) is 3.67. The van der Waals surface area contributed by atoms with Gasteiger partial charge in [0.05, 0.1) is 13.2 Å². The minimum Gasteiger partial charge on any atom is -0.493 e. The highest BCUT2D eigenvalue weighted by atomic mass is 16.5. The number of rotatable bonds is 6. The van der Waals surface area contributed by atoms with Crippen LogP contribution in [0.4, 0.5) is 0 Å². The van der Waals surface area contributed by atoms with Gasteiger partial charge in [-0.25, -0.2) is 0 Å². The van der Waals surface area contributed by atoms with Gasteiger partial charge in [-0.1, -0.05) is 6.07 Å². The number of benzene rings is 1. The molecule has 0 saturated heterocycles. The van der Waals surface area contributed by atoms with E-state index in [2.05, 4.69) is 5.32 Å². The zero-order valence-corrected chi connectivity index (χ0v) is 12.7. The molecule has 3 N–H and O–H groups in total. The predicted molar refractivity (Wildman–Crippen MR) is 81.9 cm³/mol. The highest BCUT2D eigenvalue weighted by Crippen LogP contribution is 2.29. The molecule has 1 aliphatic carbocycles. The molecule has 0 bridgehead atoms. The smallest absolute Gasteiger partial charge is 0.259 e. The highest BCUT2D eigenvalue weighted by molar-refractivity contribution is 6.00. The number of carbonyl (C=O) groups excluding carboxylic acids is 1. The standard InChI is InChI=1S/C16H24N2O3/c1-3-20-13-9-6-10-14(21-4-2)15(13)16(19)18-12-8-5-7-11(12)17/h6,9-12H,3-5,7-8,17H2,1-2H3,(H,18,19). The fourth-order valence-corrected chi connectivity index (χ4v) is 2.69. The largest absolute Gasteiger partial charge is 0.493 e. The lowest BCUT2D eigenvalue weighted by atomic mass is 10.1. The average molecular weight is 292 g/mol. The van der Waals surface area contributed by atoms with Crippen molar-refractivity contribution in [3.05, 3.63) is 23.8 Å². The van der Waals surface area contributed by atoms with Crippen molar-refractivity contribution in [3.8, 4) is 11.5 Å². The third-order valence-electron chi connectivity index (χ3n) is 3.70. The van der Waals surface area contributed by atoms with Crippen molar-refractivity contribution in [3.63, 3.8) is 0 Å². The van der Waals surface area contributed by atoms with E-state index in [1.165, 1.54) is 0 Å². The zero-order valence-electron chi connectivity index (χ0n) is 12.7. The Morgan fingerprint density at radius 1 is 1.24 bits per heavy atom. The summed E-state index contributed by atoms with van der Waals surface area (Å²) in [5.74, 6) is 0.921. The number of ether oxygens (including phenoxy) is 2. The van der Waals surface area contributed by atoms with Crippen molar-refractivity contribution in [1.82, 2.24) is 5.32 Å². The summed E-state index contributed by atoms with van der Waals surface area (Å²) in [5.41, 5.74) is 6.48. The minimum atomic E-state index is -0.176. The molecule has 0 spiro atoms. The SMILES string of the molecule is CCOc1cccc(OCC)c1C(=O)NC1CCCC1N. The number of hydrogen-bond acceptors (Lipinski definition) is 4. The van der Waals surface area contributed by atoms with E-state index in [9.17, 15) is 4.79 Å².